The molecule has 0 aliphatic carbocycles. The molecule has 0 unspecified atom stereocenters. The molecule has 2 aromatic carbocycles. The SMILES string of the molecule is COc1cccc(CCCNS(=O)(=O)Cc2ccc(Cl)cc2)c1. The van der Waals surface area contributed by atoms with Gasteiger partial charge in [-0.2, -0.15) is 0 Å². The number of sulfonamides is 1. The van der Waals surface area contributed by atoms with Crippen LogP contribution in [-0.2, 0) is 22.2 Å². The van der Waals surface area contributed by atoms with Crippen molar-refractivity contribution >= 4 is 21.6 Å². The van der Waals surface area contributed by atoms with Crippen molar-refractivity contribution in [2.45, 2.75) is 18.6 Å². The van der Waals surface area contributed by atoms with Gasteiger partial charge in [0, 0.05) is 11.6 Å². The fraction of sp³-hybridized carbons (Fsp3) is 0.294. The maximum absolute atomic E-state index is 12.0. The number of hydrogen-bond donors (Lipinski definition) is 1. The van der Waals surface area contributed by atoms with E-state index >= 15 is 0 Å². The Bertz CT molecular complexity index is 730. The Hall–Kier alpha value is -1.56. The van der Waals surface area contributed by atoms with Crippen molar-refractivity contribution < 1.29 is 13.2 Å². The van der Waals surface area contributed by atoms with Crippen molar-refractivity contribution in [1.29, 1.82) is 0 Å². The predicted octanol–water partition coefficient (Wildman–Crippen LogP) is 3.40. The average molecular weight is 354 g/mol. The molecule has 0 radical (unpaired) electrons. The molecule has 0 atom stereocenters. The van der Waals surface area contributed by atoms with Crippen LogP contribution in [0.25, 0.3) is 0 Å². The number of aryl methyl sites for hydroxylation is 1. The van der Waals surface area contributed by atoms with E-state index in [2.05, 4.69) is 4.72 Å². The Kier molecular flexibility index (Phi) is 6.45. The lowest BCUT2D eigenvalue weighted by molar-refractivity contribution is 0.414. The van der Waals surface area contributed by atoms with E-state index in [0.717, 1.165) is 29.7 Å². The Morgan fingerprint density at radius 3 is 2.52 bits per heavy atom. The van der Waals surface area contributed by atoms with Gasteiger partial charge in [-0.3, -0.25) is 0 Å². The van der Waals surface area contributed by atoms with E-state index in [9.17, 15) is 8.42 Å². The third-order valence-corrected chi connectivity index (χ3v) is 4.98. The minimum atomic E-state index is -3.33. The van der Waals surface area contributed by atoms with Crippen LogP contribution in [0.4, 0.5) is 0 Å². The lowest BCUT2D eigenvalue weighted by atomic mass is 10.1. The zero-order valence-electron chi connectivity index (χ0n) is 13.0. The van der Waals surface area contributed by atoms with Crippen LogP contribution in [-0.4, -0.2) is 22.1 Å². The summed E-state index contributed by atoms with van der Waals surface area (Å²) in [5, 5.41) is 0.595. The quantitative estimate of drug-likeness (QED) is 0.740. The first kappa shape index (κ1) is 17.8. The summed E-state index contributed by atoms with van der Waals surface area (Å²) in [6, 6.07) is 14.6. The molecule has 2 aromatic rings. The first-order valence-electron chi connectivity index (χ1n) is 7.33. The number of nitrogens with one attached hydrogen (secondary N) is 1. The lowest BCUT2D eigenvalue weighted by Crippen LogP contribution is -2.26. The standard InChI is InChI=1S/C17H20ClNO3S/c1-22-17-6-2-4-14(12-17)5-3-11-19-23(20,21)13-15-7-9-16(18)10-8-15/h2,4,6-10,12,19H,3,5,11,13H2,1H3. The van der Waals surface area contributed by atoms with Gasteiger partial charge in [0.1, 0.15) is 5.75 Å². The highest BCUT2D eigenvalue weighted by Crippen LogP contribution is 2.14. The summed E-state index contributed by atoms with van der Waals surface area (Å²) in [4.78, 5) is 0. The number of methoxy groups -OCH3 is 1. The Labute approximate surface area is 142 Å². The molecule has 0 fully saturated rings. The molecule has 6 heteroatoms. The molecule has 0 saturated heterocycles. The van der Waals surface area contributed by atoms with Crippen LogP contribution in [0.5, 0.6) is 5.75 Å². The summed E-state index contributed by atoms with van der Waals surface area (Å²) in [7, 11) is -1.70. The largest absolute Gasteiger partial charge is 0.497 e. The summed E-state index contributed by atoms with van der Waals surface area (Å²) in [6.45, 7) is 0.410. The minimum absolute atomic E-state index is 0.0384. The van der Waals surface area contributed by atoms with Crippen LogP contribution >= 0.6 is 11.6 Å². The van der Waals surface area contributed by atoms with Gasteiger partial charge in [-0.1, -0.05) is 35.9 Å². The maximum Gasteiger partial charge on any atom is 0.215 e. The summed E-state index contributed by atoms with van der Waals surface area (Å²) >= 11 is 5.79. The van der Waals surface area contributed by atoms with Crippen LogP contribution in [0, 0.1) is 0 Å². The van der Waals surface area contributed by atoms with Crippen LogP contribution in [0.1, 0.15) is 17.5 Å². The molecule has 0 saturated carbocycles. The average Bonchev–Trinajstić information content (AvgIpc) is 2.54. The lowest BCUT2D eigenvalue weighted by Gasteiger charge is -2.08. The molecular weight excluding hydrogens is 334 g/mol. The highest BCUT2D eigenvalue weighted by molar-refractivity contribution is 7.88. The fourth-order valence-electron chi connectivity index (χ4n) is 2.20. The molecule has 0 aliphatic heterocycles. The van der Waals surface area contributed by atoms with Gasteiger partial charge in [-0.05, 0) is 48.2 Å². The van der Waals surface area contributed by atoms with Gasteiger partial charge in [-0.25, -0.2) is 13.1 Å². The van der Waals surface area contributed by atoms with Gasteiger partial charge in [0.05, 0.1) is 12.9 Å². The zero-order valence-corrected chi connectivity index (χ0v) is 14.5. The van der Waals surface area contributed by atoms with Gasteiger partial charge >= 0.3 is 0 Å². The van der Waals surface area contributed by atoms with E-state index in [4.69, 9.17) is 16.3 Å². The van der Waals surface area contributed by atoms with E-state index in [0.29, 0.717) is 11.6 Å². The minimum Gasteiger partial charge on any atom is -0.497 e. The number of rotatable bonds is 8. The Balaban J connectivity index is 1.79. The molecule has 4 nitrogen and oxygen atoms in total. The highest BCUT2D eigenvalue weighted by atomic mass is 35.5. The Morgan fingerprint density at radius 2 is 1.83 bits per heavy atom. The molecule has 0 aliphatic rings. The summed E-state index contributed by atoms with van der Waals surface area (Å²) in [6.07, 6.45) is 1.52. The molecule has 23 heavy (non-hydrogen) atoms. The third-order valence-electron chi connectivity index (χ3n) is 3.37. The molecule has 124 valence electrons. The smallest absolute Gasteiger partial charge is 0.215 e. The molecule has 0 aromatic heterocycles. The molecule has 0 heterocycles. The van der Waals surface area contributed by atoms with Crippen molar-refractivity contribution in [2.24, 2.45) is 0 Å². The second-order valence-electron chi connectivity index (χ2n) is 5.23. The number of halogens is 1. The monoisotopic (exact) mass is 353 g/mol. The fourth-order valence-corrected chi connectivity index (χ4v) is 3.51. The van der Waals surface area contributed by atoms with Gasteiger partial charge in [-0.15, -0.1) is 0 Å². The summed E-state index contributed by atoms with van der Waals surface area (Å²) in [5.74, 6) is 0.773. The van der Waals surface area contributed by atoms with E-state index in [1.165, 1.54) is 0 Å². The second kappa shape index (κ2) is 8.34. The summed E-state index contributed by atoms with van der Waals surface area (Å²) in [5.41, 5.74) is 1.84. The molecule has 2 rings (SSSR count). The molecular formula is C17H20ClNO3S. The second-order valence-corrected chi connectivity index (χ2v) is 7.48. The van der Waals surface area contributed by atoms with Crippen molar-refractivity contribution in [3.63, 3.8) is 0 Å². The molecule has 1 N–H and O–H groups in total. The summed E-state index contributed by atoms with van der Waals surface area (Å²) < 4.78 is 31.9. The highest BCUT2D eigenvalue weighted by Gasteiger charge is 2.10. The number of hydrogen-bond acceptors (Lipinski definition) is 3. The number of ether oxygens (including phenoxy) is 1. The molecule has 0 amide bonds. The first-order valence-corrected chi connectivity index (χ1v) is 9.36. The topological polar surface area (TPSA) is 55.4 Å². The molecule has 0 spiro atoms. The maximum atomic E-state index is 12.0. The normalized spacial score (nSPS) is 11.4. The van der Waals surface area contributed by atoms with Gasteiger partial charge in [0.25, 0.3) is 0 Å². The number of benzene rings is 2. The third kappa shape index (κ3) is 6.22. The van der Waals surface area contributed by atoms with Crippen molar-refractivity contribution in [3.05, 3.63) is 64.7 Å². The Morgan fingerprint density at radius 1 is 1.09 bits per heavy atom. The van der Waals surface area contributed by atoms with Gasteiger partial charge in [0.15, 0.2) is 0 Å². The van der Waals surface area contributed by atoms with Gasteiger partial charge < -0.3 is 4.74 Å². The van der Waals surface area contributed by atoms with Crippen LogP contribution in [0.3, 0.4) is 0 Å². The van der Waals surface area contributed by atoms with E-state index < -0.39 is 10.0 Å². The van der Waals surface area contributed by atoms with Crippen LogP contribution in [0.2, 0.25) is 5.02 Å². The van der Waals surface area contributed by atoms with E-state index in [1.54, 1.807) is 31.4 Å². The zero-order chi connectivity index (χ0) is 16.7. The molecule has 0 bridgehead atoms. The van der Waals surface area contributed by atoms with E-state index in [1.807, 2.05) is 24.3 Å². The van der Waals surface area contributed by atoms with Crippen molar-refractivity contribution in [1.82, 2.24) is 4.72 Å². The van der Waals surface area contributed by atoms with Gasteiger partial charge in [0.2, 0.25) is 10.0 Å². The van der Waals surface area contributed by atoms with E-state index in [-0.39, 0.29) is 5.75 Å². The van der Waals surface area contributed by atoms with Crippen molar-refractivity contribution in [2.75, 3.05) is 13.7 Å². The first-order chi connectivity index (χ1) is 11.0. The van der Waals surface area contributed by atoms with Crippen LogP contribution < -0.4 is 9.46 Å². The predicted molar refractivity (Wildman–Crippen MR) is 93.4 cm³/mol. The van der Waals surface area contributed by atoms with Crippen molar-refractivity contribution in [3.8, 4) is 5.75 Å². The van der Waals surface area contributed by atoms with Crippen LogP contribution in [0.15, 0.2) is 48.5 Å².